The molecule has 1 aromatic heterocycles. The number of nitrogens with one attached hydrogen (secondary N) is 1. The molecule has 1 heterocycles. The van der Waals surface area contributed by atoms with E-state index in [0.717, 1.165) is 37.4 Å². The van der Waals surface area contributed by atoms with Gasteiger partial charge >= 0.3 is 0 Å². The third kappa shape index (κ3) is 5.30. The number of nitrogens with zero attached hydrogens (tertiary/aromatic N) is 1. The van der Waals surface area contributed by atoms with Crippen LogP contribution in [0.1, 0.15) is 24.8 Å². The number of aromatic nitrogens is 1. The molecular weight excluding hydrogens is 220 g/mol. The summed E-state index contributed by atoms with van der Waals surface area (Å²) in [7, 11) is 3.41. The van der Waals surface area contributed by atoms with Gasteiger partial charge in [0.05, 0.1) is 18.4 Å². The lowest BCUT2D eigenvalue weighted by atomic mass is 10.1. The Morgan fingerprint density at radius 2 is 2.29 bits per heavy atom. The molecule has 0 spiro atoms. The van der Waals surface area contributed by atoms with E-state index in [1.54, 1.807) is 14.2 Å². The molecule has 1 unspecified atom stereocenters. The largest absolute Gasteiger partial charge is 0.448 e. The minimum absolute atomic E-state index is 0.245. The van der Waals surface area contributed by atoms with Crippen LogP contribution in [-0.2, 0) is 22.4 Å². The first kappa shape index (κ1) is 14.2. The maximum absolute atomic E-state index is 5.38. The molecule has 0 saturated carbocycles. The minimum atomic E-state index is 0.245. The summed E-state index contributed by atoms with van der Waals surface area (Å²) in [5.41, 5.74) is 0.976. The second kappa shape index (κ2) is 8.22. The first-order valence-electron chi connectivity index (χ1n) is 5.91. The molecule has 1 aromatic rings. The zero-order chi connectivity index (χ0) is 12.5. The zero-order valence-corrected chi connectivity index (χ0v) is 10.9. The predicted molar refractivity (Wildman–Crippen MR) is 64.9 cm³/mol. The van der Waals surface area contributed by atoms with Crippen molar-refractivity contribution in [3.05, 3.63) is 17.8 Å². The third-order valence-electron chi connectivity index (χ3n) is 2.68. The van der Waals surface area contributed by atoms with Crippen LogP contribution in [0.4, 0.5) is 0 Å². The molecule has 5 heteroatoms. The van der Waals surface area contributed by atoms with Gasteiger partial charge in [-0.3, -0.25) is 0 Å². The highest BCUT2D eigenvalue weighted by atomic mass is 16.5. The van der Waals surface area contributed by atoms with Crippen LogP contribution in [0.25, 0.3) is 0 Å². The molecule has 5 nitrogen and oxygen atoms in total. The van der Waals surface area contributed by atoms with E-state index in [4.69, 9.17) is 13.9 Å². The molecule has 0 amide bonds. The van der Waals surface area contributed by atoms with Crippen LogP contribution in [-0.4, -0.2) is 38.5 Å². The van der Waals surface area contributed by atoms with Crippen molar-refractivity contribution >= 4 is 0 Å². The van der Waals surface area contributed by atoms with E-state index in [-0.39, 0.29) is 6.10 Å². The van der Waals surface area contributed by atoms with Crippen molar-refractivity contribution in [1.29, 1.82) is 0 Å². The van der Waals surface area contributed by atoms with Crippen LogP contribution in [0, 0.1) is 0 Å². The summed E-state index contributed by atoms with van der Waals surface area (Å²) in [4.78, 5) is 4.21. The Bertz CT molecular complexity index is 302. The summed E-state index contributed by atoms with van der Waals surface area (Å²) < 4.78 is 15.5. The van der Waals surface area contributed by atoms with Crippen molar-refractivity contribution < 1.29 is 13.9 Å². The van der Waals surface area contributed by atoms with E-state index in [9.17, 15) is 0 Å². The summed E-state index contributed by atoms with van der Waals surface area (Å²) in [6, 6.07) is 0. The van der Waals surface area contributed by atoms with Crippen molar-refractivity contribution in [2.45, 2.75) is 32.4 Å². The lowest BCUT2D eigenvalue weighted by molar-refractivity contribution is 0.110. The molecule has 0 radical (unpaired) electrons. The predicted octanol–water partition coefficient (Wildman–Crippen LogP) is 1.38. The highest BCUT2D eigenvalue weighted by Gasteiger charge is 2.09. The van der Waals surface area contributed by atoms with Gasteiger partial charge in [-0.2, -0.15) is 0 Å². The third-order valence-corrected chi connectivity index (χ3v) is 2.68. The quantitative estimate of drug-likeness (QED) is 0.663. The average Bonchev–Trinajstić information content (AvgIpc) is 2.79. The van der Waals surface area contributed by atoms with Crippen molar-refractivity contribution in [3.8, 4) is 0 Å². The molecular formula is C12H22N2O3. The fraction of sp³-hybridized carbons (Fsp3) is 0.750. The molecule has 0 bridgehead atoms. The van der Waals surface area contributed by atoms with Crippen molar-refractivity contribution in [2.24, 2.45) is 0 Å². The maximum atomic E-state index is 5.38. The van der Waals surface area contributed by atoms with Crippen LogP contribution >= 0.6 is 0 Å². The zero-order valence-electron chi connectivity index (χ0n) is 10.9. The summed E-state index contributed by atoms with van der Waals surface area (Å²) in [5.74, 6) is 0.943. The number of ether oxygens (including phenoxy) is 2. The Hall–Kier alpha value is -0.910. The Labute approximate surface area is 103 Å². The molecule has 0 fully saturated rings. The Morgan fingerprint density at radius 1 is 1.47 bits per heavy atom. The smallest absolute Gasteiger partial charge is 0.181 e. The van der Waals surface area contributed by atoms with E-state index < -0.39 is 0 Å². The monoisotopic (exact) mass is 242 g/mol. The van der Waals surface area contributed by atoms with E-state index >= 15 is 0 Å². The highest BCUT2D eigenvalue weighted by Crippen LogP contribution is 2.11. The Balaban J connectivity index is 2.32. The second-order valence-electron chi connectivity index (χ2n) is 3.98. The van der Waals surface area contributed by atoms with Gasteiger partial charge in [0.2, 0.25) is 0 Å². The Kier molecular flexibility index (Phi) is 6.84. The lowest BCUT2D eigenvalue weighted by Gasteiger charge is -2.08. The van der Waals surface area contributed by atoms with E-state index in [0.29, 0.717) is 6.61 Å². The van der Waals surface area contributed by atoms with Gasteiger partial charge in [0, 0.05) is 33.7 Å². The molecule has 0 aromatic carbocycles. The number of methoxy groups -OCH3 is 2. The minimum Gasteiger partial charge on any atom is -0.448 e. The fourth-order valence-corrected chi connectivity index (χ4v) is 1.47. The molecule has 1 atom stereocenters. The molecule has 17 heavy (non-hydrogen) atoms. The fourth-order valence-electron chi connectivity index (χ4n) is 1.47. The highest BCUT2D eigenvalue weighted by molar-refractivity contribution is 5.07. The number of hydrogen-bond acceptors (Lipinski definition) is 5. The van der Waals surface area contributed by atoms with Gasteiger partial charge in [-0.15, -0.1) is 0 Å². The second-order valence-corrected chi connectivity index (χ2v) is 3.98. The Morgan fingerprint density at radius 3 is 3.00 bits per heavy atom. The number of oxazole rings is 1. The molecule has 1 rings (SSSR count). The summed E-state index contributed by atoms with van der Waals surface area (Å²) in [5, 5.41) is 3.25. The first-order valence-corrected chi connectivity index (χ1v) is 5.91. The van der Waals surface area contributed by atoms with Gasteiger partial charge in [0.15, 0.2) is 6.39 Å². The molecule has 98 valence electrons. The topological polar surface area (TPSA) is 56.5 Å². The molecule has 0 aliphatic heterocycles. The van der Waals surface area contributed by atoms with E-state index in [2.05, 4.69) is 10.3 Å². The number of hydrogen-bond donors (Lipinski definition) is 1. The van der Waals surface area contributed by atoms with Crippen LogP contribution in [0.3, 0.4) is 0 Å². The molecule has 0 saturated heterocycles. The van der Waals surface area contributed by atoms with E-state index in [1.165, 1.54) is 6.39 Å². The van der Waals surface area contributed by atoms with Crippen LogP contribution in [0.2, 0.25) is 0 Å². The lowest BCUT2D eigenvalue weighted by Crippen LogP contribution is -2.19. The van der Waals surface area contributed by atoms with Crippen molar-refractivity contribution in [2.75, 3.05) is 27.4 Å². The summed E-state index contributed by atoms with van der Waals surface area (Å²) >= 11 is 0. The molecule has 1 N–H and O–H groups in total. The van der Waals surface area contributed by atoms with Crippen LogP contribution < -0.4 is 5.32 Å². The maximum Gasteiger partial charge on any atom is 0.181 e. The average molecular weight is 242 g/mol. The summed E-state index contributed by atoms with van der Waals surface area (Å²) in [6.45, 7) is 4.29. The van der Waals surface area contributed by atoms with Gasteiger partial charge in [-0.05, 0) is 13.3 Å². The van der Waals surface area contributed by atoms with Crippen molar-refractivity contribution in [3.63, 3.8) is 0 Å². The SMILES string of the molecule is COCCNCc1ncoc1CCC(C)OC. The molecule has 0 aliphatic carbocycles. The molecule has 0 aliphatic rings. The number of rotatable bonds is 9. The van der Waals surface area contributed by atoms with Gasteiger partial charge in [-0.1, -0.05) is 0 Å². The van der Waals surface area contributed by atoms with Crippen molar-refractivity contribution in [1.82, 2.24) is 10.3 Å². The van der Waals surface area contributed by atoms with Crippen LogP contribution in [0.5, 0.6) is 0 Å². The van der Waals surface area contributed by atoms with Gasteiger partial charge in [0.1, 0.15) is 5.76 Å². The van der Waals surface area contributed by atoms with Crippen LogP contribution in [0.15, 0.2) is 10.8 Å². The summed E-state index contributed by atoms with van der Waals surface area (Å²) in [6.07, 6.45) is 3.54. The number of aryl methyl sites for hydroxylation is 1. The van der Waals surface area contributed by atoms with Gasteiger partial charge in [-0.25, -0.2) is 4.98 Å². The van der Waals surface area contributed by atoms with E-state index in [1.807, 2.05) is 6.92 Å². The first-order chi connectivity index (χ1) is 8.27. The normalized spacial score (nSPS) is 12.9. The standard InChI is InChI=1S/C12H22N2O3/c1-10(16-3)4-5-12-11(14-9-17-12)8-13-6-7-15-2/h9-10,13H,4-8H2,1-3H3. The van der Waals surface area contributed by atoms with Gasteiger partial charge in [0.25, 0.3) is 0 Å². The van der Waals surface area contributed by atoms with Gasteiger partial charge < -0.3 is 19.2 Å².